The molecule has 0 spiro atoms. The van der Waals surface area contributed by atoms with Crippen LogP contribution >= 0.6 is 0 Å². The van der Waals surface area contributed by atoms with Gasteiger partial charge in [-0.05, 0) is 27.7 Å². The fourth-order valence-electron chi connectivity index (χ4n) is 1.91. The summed E-state index contributed by atoms with van der Waals surface area (Å²) in [7, 11) is 0. The third kappa shape index (κ3) is 3.93. The zero-order valence-electron chi connectivity index (χ0n) is 12.2. The van der Waals surface area contributed by atoms with Crippen molar-refractivity contribution in [2.75, 3.05) is 19.8 Å². The fraction of sp³-hybridized carbons (Fsp3) is 0.769. The second kappa shape index (κ2) is 6.69. The Kier molecular flexibility index (Phi) is 5.50. The predicted molar refractivity (Wildman–Crippen MR) is 68.7 cm³/mol. The Morgan fingerprint density at radius 2 is 1.80 bits per heavy atom. The molecule has 0 bridgehead atoms. The first-order valence-corrected chi connectivity index (χ1v) is 6.60. The van der Waals surface area contributed by atoms with Gasteiger partial charge in [0.25, 0.3) is 0 Å². The molecule has 1 rings (SSSR count). The van der Waals surface area contributed by atoms with Crippen molar-refractivity contribution >= 4 is 17.9 Å². The largest absolute Gasteiger partial charge is 0.465 e. The van der Waals surface area contributed by atoms with Gasteiger partial charge in [0.2, 0.25) is 0 Å². The van der Waals surface area contributed by atoms with Crippen LogP contribution in [0.5, 0.6) is 0 Å². The number of carbonyl (C=O) groups excluding carboxylic acids is 3. The summed E-state index contributed by atoms with van der Waals surface area (Å²) in [5.74, 6) is -3.60. The van der Waals surface area contributed by atoms with Gasteiger partial charge in [0.1, 0.15) is 12.6 Å². The van der Waals surface area contributed by atoms with Crippen molar-refractivity contribution in [3.8, 4) is 0 Å². The lowest BCUT2D eigenvalue weighted by molar-refractivity contribution is -0.173. The minimum absolute atomic E-state index is 0.111. The number of cyclic esters (lactones) is 1. The Morgan fingerprint density at radius 3 is 2.25 bits per heavy atom. The molecule has 1 unspecified atom stereocenters. The molecule has 114 valence electrons. The van der Waals surface area contributed by atoms with E-state index in [1.54, 1.807) is 27.7 Å². The number of carbonyl (C=O) groups is 3. The molecule has 0 aromatic rings. The molecule has 1 saturated heterocycles. The lowest BCUT2D eigenvalue weighted by Crippen LogP contribution is -2.63. The Bertz CT molecular complexity index is 374. The van der Waals surface area contributed by atoms with Gasteiger partial charge in [0, 0.05) is 5.54 Å². The number of nitrogens with one attached hydrogen (secondary N) is 1. The second-order valence-corrected chi connectivity index (χ2v) is 5.10. The van der Waals surface area contributed by atoms with Crippen LogP contribution in [0.25, 0.3) is 0 Å². The van der Waals surface area contributed by atoms with Crippen molar-refractivity contribution in [3.63, 3.8) is 0 Å². The summed E-state index contributed by atoms with van der Waals surface area (Å²) in [6.07, 6.45) is 0. The van der Waals surface area contributed by atoms with E-state index >= 15 is 0 Å². The highest BCUT2D eigenvalue weighted by Gasteiger charge is 2.47. The molecule has 7 nitrogen and oxygen atoms in total. The molecule has 1 aliphatic heterocycles. The van der Waals surface area contributed by atoms with Gasteiger partial charge in [-0.3, -0.25) is 19.7 Å². The number of rotatable bonds is 5. The highest BCUT2D eigenvalue weighted by atomic mass is 16.6. The molecule has 0 amide bonds. The summed E-state index contributed by atoms with van der Waals surface area (Å²) in [6, 6.07) is -1.10. The molecule has 0 aliphatic carbocycles. The summed E-state index contributed by atoms with van der Waals surface area (Å²) < 4.78 is 14.7. The molecular formula is C13H21NO6. The molecule has 0 saturated carbocycles. The van der Waals surface area contributed by atoms with Crippen LogP contribution in [-0.4, -0.2) is 49.3 Å². The first kappa shape index (κ1) is 16.4. The lowest BCUT2D eigenvalue weighted by atomic mass is 9.94. The number of hydrogen-bond donors (Lipinski definition) is 1. The minimum atomic E-state index is -1.36. The van der Waals surface area contributed by atoms with E-state index < -0.39 is 35.4 Å². The second-order valence-electron chi connectivity index (χ2n) is 5.10. The summed E-state index contributed by atoms with van der Waals surface area (Å²) in [5, 5.41) is 2.94. The molecule has 20 heavy (non-hydrogen) atoms. The van der Waals surface area contributed by atoms with E-state index in [1.165, 1.54) is 0 Å². The predicted octanol–water partition coefficient (Wildman–Crippen LogP) is 0.0224. The maximum absolute atomic E-state index is 11.9. The fourth-order valence-corrected chi connectivity index (χ4v) is 1.91. The van der Waals surface area contributed by atoms with Crippen LogP contribution < -0.4 is 5.32 Å². The van der Waals surface area contributed by atoms with E-state index in [0.717, 1.165) is 0 Å². The van der Waals surface area contributed by atoms with Crippen LogP contribution in [0.2, 0.25) is 0 Å². The molecule has 1 N–H and O–H groups in total. The Hall–Kier alpha value is -1.63. The van der Waals surface area contributed by atoms with Crippen molar-refractivity contribution in [2.45, 2.75) is 39.3 Å². The Morgan fingerprint density at radius 1 is 1.30 bits per heavy atom. The van der Waals surface area contributed by atoms with Crippen LogP contribution in [0.3, 0.4) is 0 Å². The first-order chi connectivity index (χ1) is 9.32. The molecular weight excluding hydrogens is 266 g/mol. The van der Waals surface area contributed by atoms with Gasteiger partial charge in [-0.15, -0.1) is 0 Å². The van der Waals surface area contributed by atoms with Gasteiger partial charge < -0.3 is 14.2 Å². The SMILES string of the molecule is CCOC(=O)C(C(=O)OCC)C1NC(C)(C)COC1=O. The number of esters is 3. The minimum Gasteiger partial charge on any atom is -0.465 e. The summed E-state index contributed by atoms with van der Waals surface area (Å²) in [6.45, 7) is 7.24. The van der Waals surface area contributed by atoms with E-state index in [-0.39, 0.29) is 19.8 Å². The van der Waals surface area contributed by atoms with Crippen LogP contribution in [0.4, 0.5) is 0 Å². The average Bonchev–Trinajstić information content (AvgIpc) is 2.34. The zero-order chi connectivity index (χ0) is 15.3. The van der Waals surface area contributed by atoms with Gasteiger partial charge >= 0.3 is 17.9 Å². The molecule has 1 heterocycles. The van der Waals surface area contributed by atoms with Crippen LogP contribution in [0.1, 0.15) is 27.7 Å². The summed E-state index contributed by atoms with van der Waals surface area (Å²) >= 11 is 0. The summed E-state index contributed by atoms with van der Waals surface area (Å²) in [5.41, 5.74) is -0.532. The maximum Gasteiger partial charge on any atom is 0.324 e. The van der Waals surface area contributed by atoms with E-state index in [0.29, 0.717) is 0 Å². The monoisotopic (exact) mass is 287 g/mol. The highest BCUT2D eigenvalue weighted by Crippen LogP contribution is 2.20. The van der Waals surface area contributed by atoms with E-state index in [2.05, 4.69) is 5.32 Å². The van der Waals surface area contributed by atoms with E-state index in [4.69, 9.17) is 14.2 Å². The molecule has 1 atom stereocenters. The van der Waals surface area contributed by atoms with Gasteiger partial charge in [0.15, 0.2) is 5.92 Å². The molecule has 0 radical (unpaired) electrons. The van der Waals surface area contributed by atoms with Crippen LogP contribution in [-0.2, 0) is 28.6 Å². The van der Waals surface area contributed by atoms with Crippen molar-refractivity contribution in [2.24, 2.45) is 5.92 Å². The highest BCUT2D eigenvalue weighted by molar-refractivity contribution is 6.00. The standard InChI is InChI=1S/C13H21NO6/c1-5-18-10(15)8(11(16)19-6-2)9-12(17)20-7-13(3,4)14-9/h8-9,14H,5-7H2,1-4H3. The Labute approximate surface area is 117 Å². The zero-order valence-corrected chi connectivity index (χ0v) is 12.2. The smallest absolute Gasteiger partial charge is 0.324 e. The molecule has 0 aromatic carbocycles. The van der Waals surface area contributed by atoms with Gasteiger partial charge in [-0.25, -0.2) is 0 Å². The maximum atomic E-state index is 11.9. The topological polar surface area (TPSA) is 90.9 Å². The molecule has 1 fully saturated rings. The van der Waals surface area contributed by atoms with Gasteiger partial charge in [0.05, 0.1) is 13.2 Å². The van der Waals surface area contributed by atoms with E-state index in [9.17, 15) is 14.4 Å². The van der Waals surface area contributed by atoms with Crippen molar-refractivity contribution in [1.29, 1.82) is 0 Å². The van der Waals surface area contributed by atoms with Crippen molar-refractivity contribution in [1.82, 2.24) is 5.32 Å². The normalized spacial score (nSPS) is 21.2. The molecule has 0 aromatic heterocycles. The summed E-state index contributed by atoms with van der Waals surface area (Å²) in [4.78, 5) is 35.7. The quantitative estimate of drug-likeness (QED) is 0.433. The van der Waals surface area contributed by atoms with E-state index in [1.807, 2.05) is 0 Å². The van der Waals surface area contributed by atoms with Gasteiger partial charge in [-0.2, -0.15) is 0 Å². The molecule has 1 aliphatic rings. The van der Waals surface area contributed by atoms with Gasteiger partial charge in [-0.1, -0.05) is 0 Å². The number of hydrogen-bond acceptors (Lipinski definition) is 7. The van der Waals surface area contributed by atoms with Crippen molar-refractivity contribution in [3.05, 3.63) is 0 Å². The number of morpholine rings is 1. The number of ether oxygens (including phenoxy) is 3. The third-order valence-electron chi connectivity index (χ3n) is 2.79. The third-order valence-corrected chi connectivity index (χ3v) is 2.79. The first-order valence-electron chi connectivity index (χ1n) is 6.60. The average molecular weight is 287 g/mol. The van der Waals surface area contributed by atoms with Crippen LogP contribution in [0.15, 0.2) is 0 Å². The van der Waals surface area contributed by atoms with Crippen LogP contribution in [0, 0.1) is 5.92 Å². The lowest BCUT2D eigenvalue weighted by Gasteiger charge is -2.37. The Balaban J connectivity index is 2.98. The van der Waals surface area contributed by atoms with Crippen molar-refractivity contribution < 1.29 is 28.6 Å². The molecule has 7 heteroatoms.